The summed E-state index contributed by atoms with van der Waals surface area (Å²) in [4.78, 5) is 0.229. The van der Waals surface area contributed by atoms with E-state index >= 15 is 0 Å². The van der Waals surface area contributed by atoms with Crippen molar-refractivity contribution in [1.29, 1.82) is 0 Å². The third-order valence-electron chi connectivity index (χ3n) is 2.17. The second-order valence-corrected chi connectivity index (χ2v) is 5.87. The Morgan fingerprint density at radius 3 is 2.44 bits per heavy atom. The smallest absolute Gasteiger partial charge is 0.240 e. The van der Waals surface area contributed by atoms with Gasteiger partial charge >= 0.3 is 0 Å². The molecule has 0 atom stereocenters. The molecule has 5 heteroatoms. The fraction of sp³-hybridized carbons (Fsp3) is 0.385. The molecule has 0 fully saturated rings. The first-order valence-corrected chi connectivity index (χ1v) is 7.31. The number of sulfonamides is 1. The van der Waals surface area contributed by atoms with Crippen LogP contribution < -0.4 is 9.46 Å². The van der Waals surface area contributed by atoms with E-state index in [1.165, 1.54) is 12.1 Å². The zero-order chi connectivity index (χ0) is 13.6. The van der Waals surface area contributed by atoms with Crippen molar-refractivity contribution in [2.45, 2.75) is 25.2 Å². The van der Waals surface area contributed by atoms with E-state index < -0.39 is 10.0 Å². The van der Waals surface area contributed by atoms with Crippen LogP contribution in [0.4, 0.5) is 0 Å². The Balaban J connectivity index is 2.74. The number of hydrogen-bond acceptors (Lipinski definition) is 3. The molecule has 0 aliphatic heterocycles. The van der Waals surface area contributed by atoms with Crippen molar-refractivity contribution in [1.82, 2.24) is 4.72 Å². The molecule has 4 nitrogen and oxygen atoms in total. The van der Waals surface area contributed by atoms with Crippen molar-refractivity contribution in [2.75, 3.05) is 13.2 Å². The maximum atomic E-state index is 11.9. The molecule has 0 saturated carbocycles. The van der Waals surface area contributed by atoms with Gasteiger partial charge in [-0.25, -0.2) is 13.1 Å². The monoisotopic (exact) mass is 269 g/mol. The topological polar surface area (TPSA) is 55.4 Å². The molecule has 0 heterocycles. The van der Waals surface area contributed by atoms with Crippen LogP contribution in [0.1, 0.15) is 20.3 Å². The summed E-state index contributed by atoms with van der Waals surface area (Å²) in [6.45, 7) is 8.31. The average molecular weight is 269 g/mol. The lowest BCUT2D eigenvalue weighted by Crippen LogP contribution is -2.25. The quantitative estimate of drug-likeness (QED) is 0.773. The van der Waals surface area contributed by atoms with Gasteiger partial charge < -0.3 is 4.74 Å². The van der Waals surface area contributed by atoms with Gasteiger partial charge in [-0.3, -0.25) is 0 Å². The third-order valence-corrected chi connectivity index (χ3v) is 3.59. The van der Waals surface area contributed by atoms with Crippen molar-refractivity contribution < 1.29 is 13.2 Å². The summed E-state index contributed by atoms with van der Waals surface area (Å²) in [5.74, 6) is 0.677. The van der Waals surface area contributed by atoms with Crippen molar-refractivity contribution in [3.05, 3.63) is 36.4 Å². The molecule has 0 radical (unpaired) electrons. The van der Waals surface area contributed by atoms with E-state index in [1.54, 1.807) is 19.1 Å². The van der Waals surface area contributed by atoms with E-state index in [1.807, 2.05) is 6.92 Å². The first-order chi connectivity index (χ1) is 8.45. The fourth-order valence-corrected chi connectivity index (χ4v) is 2.33. The maximum Gasteiger partial charge on any atom is 0.240 e. The van der Waals surface area contributed by atoms with Gasteiger partial charge in [-0.2, -0.15) is 0 Å². The van der Waals surface area contributed by atoms with Crippen LogP contribution in [0.15, 0.2) is 41.3 Å². The molecule has 0 unspecified atom stereocenters. The van der Waals surface area contributed by atoms with Crippen molar-refractivity contribution >= 4 is 10.0 Å². The van der Waals surface area contributed by atoms with Crippen LogP contribution in [0.3, 0.4) is 0 Å². The number of ether oxygens (including phenoxy) is 1. The lowest BCUT2D eigenvalue weighted by molar-refractivity contribution is 0.317. The molecule has 1 aromatic rings. The molecule has 0 aliphatic carbocycles. The minimum absolute atomic E-state index is 0.229. The van der Waals surface area contributed by atoms with Crippen LogP contribution in [-0.2, 0) is 10.0 Å². The summed E-state index contributed by atoms with van der Waals surface area (Å²) in [6, 6.07) is 6.38. The SMILES string of the molecule is C=C(C)CNS(=O)(=O)c1ccc(OCCC)cc1. The summed E-state index contributed by atoms with van der Waals surface area (Å²) in [7, 11) is -3.46. The molecule has 0 aliphatic rings. The van der Waals surface area contributed by atoms with E-state index in [4.69, 9.17) is 4.74 Å². The Morgan fingerprint density at radius 2 is 1.94 bits per heavy atom. The summed E-state index contributed by atoms with van der Waals surface area (Å²) < 4.78 is 31.6. The van der Waals surface area contributed by atoms with E-state index in [9.17, 15) is 8.42 Å². The highest BCUT2D eigenvalue weighted by Gasteiger charge is 2.13. The first-order valence-electron chi connectivity index (χ1n) is 5.82. The van der Waals surface area contributed by atoms with Gasteiger partial charge in [0.15, 0.2) is 0 Å². The largest absolute Gasteiger partial charge is 0.494 e. The lowest BCUT2D eigenvalue weighted by atomic mass is 10.3. The van der Waals surface area contributed by atoms with Gasteiger partial charge in [-0.05, 0) is 37.6 Å². The summed E-state index contributed by atoms with van der Waals surface area (Å²) in [5, 5.41) is 0. The van der Waals surface area contributed by atoms with Crippen LogP contribution in [0, 0.1) is 0 Å². The summed E-state index contributed by atoms with van der Waals surface area (Å²) in [6.07, 6.45) is 0.917. The molecule has 0 aromatic heterocycles. The molecule has 18 heavy (non-hydrogen) atoms. The summed E-state index contributed by atoms with van der Waals surface area (Å²) in [5.41, 5.74) is 0.765. The molecule has 0 bridgehead atoms. The van der Waals surface area contributed by atoms with E-state index in [0.717, 1.165) is 12.0 Å². The molecular weight excluding hydrogens is 250 g/mol. The second-order valence-electron chi connectivity index (χ2n) is 4.10. The van der Waals surface area contributed by atoms with Gasteiger partial charge in [0.2, 0.25) is 10.0 Å². The second kappa shape index (κ2) is 6.56. The van der Waals surface area contributed by atoms with E-state index in [-0.39, 0.29) is 11.4 Å². The average Bonchev–Trinajstić information content (AvgIpc) is 2.34. The van der Waals surface area contributed by atoms with Gasteiger partial charge in [0.1, 0.15) is 5.75 Å². The van der Waals surface area contributed by atoms with Gasteiger partial charge in [0, 0.05) is 6.54 Å². The summed E-state index contributed by atoms with van der Waals surface area (Å²) >= 11 is 0. The van der Waals surface area contributed by atoms with Crippen molar-refractivity contribution in [2.24, 2.45) is 0 Å². The molecule has 0 amide bonds. The fourth-order valence-electron chi connectivity index (χ4n) is 1.24. The Bertz CT molecular complexity index is 491. The van der Waals surface area contributed by atoms with E-state index in [0.29, 0.717) is 12.4 Å². The molecule has 1 aromatic carbocycles. The predicted molar refractivity (Wildman–Crippen MR) is 72.2 cm³/mol. The normalized spacial score (nSPS) is 11.2. The Kier molecular flexibility index (Phi) is 5.37. The molecule has 1 N–H and O–H groups in total. The number of rotatable bonds is 7. The first kappa shape index (κ1) is 14.7. The van der Waals surface area contributed by atoms with Crippen LogP contribution >= 0.6 is 0 Å². The Hall–Kier alpha value is -1.33. The van der Waals surface area contributed by atoms with Gasteiger partial charge in [-0.15, -0.1) is 0 Å². The van der Waals surface area contributed by atoms with Crippen LogP contribution in [0.25, 0.3) is 0 Å². The minimum Gasteiger partial charge on any atom is -0.494 e. The standard InChI is InChI=1S/C13H19NO3S/c1-4-9-17-12-5-7-13(8-6-12)18(15,16)14-10-11(2)3/h5-8,14H,2,4,9-10H2,1,3H3. The Morgan fingerprint density at radius 1 is 1.33 bits per heavy atom. The van der Waals surface area contributed by atoms with Gasteiger partial charge in [0.05, 0.1) is 11.5 Å². The van der Waals surface area contributed by atoms with Gasteiger partial charge in [-0.1, -0.05) is 19.1 Å². The highest BCUT2D eigenvalue weighted by Crippen LogP contribution is 2.16. The maximum absolute atomic E-state index is 11.9. The molecule has 1 rings (SSSR count). The highest BCUT2D eigenvalue weighted by atomic mass is 32.2. The highest BCUT2D eigenvalue weighted by molar-refractivity contribution is 7.89. The third kappa shape index (κ3) is 4.50. The number of hydrogen-bond donors (Lipinski definition) is 1. The van der Waals surface area contributed by atoms with Crippen molar-refractivity contribution in [3.63, 3.8) is 0 Å². The molecule has 0 saturated heterocycles. The Labute approximate surface area is 109 Å². The van der Waals surface area contributed by atoms with Crippen molar-refractivity contribution in [3.8, 4) is 5.75 Å². The zero-order valence-corrected chi connectivity index (χ0v) is 11.6. The van der Waals surface area contributed by atoms with Gasteiger partial charge in [0.25, 0.3) is 0 Å². The molecule has 0 spiro atoms. The predicted octanol–water partition coefficient (Wildman–Crippen LogP) is 2.33. The lowest BCUT2D eigenvalue weighted by Gasteiger charge is -2.08. The minimum atomic E-state index is -3.46. The number of nitrogens with one attached hydrogen (secondary N) is 1. The van der Waals surface area contributed by atoms with Crippen LogP contribution in [0.5, 0.6) is 5.75 Å². The van der Waals surface area contributed by atoms with Crippen LogP contribution in [-0.4, -0.2) is 21.6 Å². The number of benzene rings is 1. The van der Waals surface area contributed by atoms with Crippen LogP contribution in [0.2, 0.25) is 0 Å². The molecule has 100 valence electrons. The zero-order valence-electron chi connectivity index (χ0n) is 10.8. The van der Waals surface area contributed by atoms with E-state index in [2.05, 4.69) is 11.3 Å². The molecular formula is C13H19NO3S.